The van der Waals surface area contributed by atoms with Crippen LogP contribution in [0.4, 0.5) is 0 Å². The molecule has 2 heterocycles. The summed E-state index contributed by atoms with van der Waals surface area (Å²) in [6.45, 7) is 2.25. The molecule has 0 aliphatic rings. The lowest BCUT2D eigenvalue weighted by atomic mass is 10.0. The average Bonchev–Trinajstić information content (AvgIpc) is 3.22. The molecule has 30 heavy (non-hydrogen) atoms. The van der Waals surface area contributed by atoms with Crippen LogP contribution >= 0.6 is 0 Å². The molecule has 2 aromatic heterocycles. The summed E-state index contributed by atoms with van der Waals surface area (Å²) in [5.74, 6) is 0.00584. The van der Waals surface area contributed by atoms with Crippen molar-refractivity contribution in [3.63, 3.8) is 0 Å². The molecule has 0 atom stereocenters. The zero-order valence-electron chi connectivity index (χ0n) is 16.1. The molecule has 0 saturated carbocycles. The van der Waals surface area contributed by atoms with Crippen LogP contribution in [0.25, 0.3) is 33.7 Å². The SMILES string of the molecule is CCOc1cc(-c2ccc(C(=O)O)c(OC)c2)ccc1-c1nc2[nH]nnc2c(=O)[nH]1. The topological polar surface area (TPSA) is 143 Å². The Morgan fingerprint density at radius 3 is 2.57 bits per heavy atom. The number of hydrogen-bond acceptors (Lipinski definition) is 7. The molecule has 0 aliphatic carbocycles. The first-order valence-corrected chi connectivity index (χ1v) is 9.01. The monoisotopic (exact) mass is 407 g/mol. The molecule has 0 amide bonds. The Morgan fingerprint density at radius 1 is 1.13 bits per heavy atom. The number of hydrogen-bond donors (Lipinski definition) is 3. The van der Waals surface area contributed by atoms with Gasteiger partial charge >= 0.3 is 5.97 Å². The third-order valence-electron chi connectivity index (χ3n) is 4.50. The highest BCUT2D eigenvalue weighted by molar-refractivity contribution is 5.92. The summed E-state index contributed by atoms with van der Waals surface area (Å²) in [6.07, 6.45) is 0. The number of methoxy groups -OCH3 is 1. The lowest BCUT2D eigenvalue weighted by Gasteiger charge is -2.13. The van der Waals surface area contributed by atoms with E-state index < -0.39 is 11.5 Å². The molecule has 0 fully saturated rings. The van der Waals surface area contributed by atoms with Gasteiger partial charge < -0.3 is 19.6 Å². The van der Waals surface area contributed by atoms with E-state index in [4.69, 9.17) is 9.47 Å². The van der Waals surface area contributed by atoms with Crippen LogP contribution in [0.5, 0.6) is 11.5 Å². The Morgan fingerprint density at radius 2 is 1.87 bits per heavy atom. The number of carbonyl (C=O) groups is 1. The molecule has 4 aromatic rings. The first kappa shape index (κ1) is 19.1. The highest BCUT2D eigenvalue weighted by Gasteiger charge is 2.16. The molecular formula is C20H17N5O5. The molecule has 2 aromatic carbocycles. The predicted molar refractivity (Wildman–Crippen MR) is 108 cm³/mol. The minimum Gasteiger partial charge on any atom is -0.496 e. The van der Waals surface area contributed by atoms with Gasteiger partial charge in [-0.25, -0.2) is 14.9 Å². The van der Waals surface area contributed by atoms with Gasteiger partial charge in [-0.1, -0.05) is 17.3 Å². The van der Waals surface area contributed by atoms with Crippen molar-refractivity contribution in [2.24, 2.45) is 0 Å². The van der Waals surface area contributed by atoms with E-state index in [0.717, 1.165) is 11.1 Å². The summed E-state index contributed by atoms with van der Waals surface area (Å²) < 4.78 is 11.0. The zero-order chi connectivity index (χ0) is 21.3. The molecule has 0 saturated heterocycles. The number of aromatic nitrogens is 5. The van der Waals surface area contributed by atoms with Crippen LogP contribution in [0.15, 0.2) is 41.2 Å². The predicted octanol–water partition coefficient (Wildman–Crippen LogP) is 2.48. The van der Waals surface area contributed by atoms with Gasteiger partial charge in [-0.2, -0.15) is 0 Å². The van der Waals surface area contributed by atoms with Crippen LogP contribution in [0.1, 0.15) is 17.3 Å². The van der Waals surface area contributed by atoms with Crippen LogP contribution in [0, 0.1) is 0 Å². The van der Waals surface area contributed by atoms with Crippen molar-refractivity contribution in [1.82, 2.24) is 25.4 Å². The lowest BCUT2D eigenvalue weighted by Crippen LogP contribution is -2.10. The second-order valence-electron chi connectivity index (χ2n) is 6.29. The minimum atomic E-state index is -1.07. The molecule has 10 nitrogen and oxygen atoms in total. The van der Waals surface area contributed by atoms with Crippen molar-refractivity contribution < 1.29 is 19.4 Å². The molecule has 4 rings (SSSR count). The summed E-state index contributed by atoms with van der Waals surface area (Å²) in [5.41, 5.74) is 2.18. The fourth-order valence-corrected chi connectivity index (χ4v) is 3.11. The van der Waals surface area contributed by atoms with Crippen LogP contribution < -0.4 is 15.0 Å². The normalized spacial score (nSPS) is 10.9. The lowest BCUT2D eigenvalue weighted by molar-refractivity contribution is 0.0693. The van der Waals surface area contributed by atoms with E-state index >= 15 is 0 Å². The maximum atomic E-state index is 12.2. The Kier molecular flexibility index (Phi) is 4.88. The highest BCUT2D eigenvalue weighted by Crippen LogP contribution is 2.34. The van der Waals surface area contributed by atoms with Gasteiger partial charge in [-0.3, -0.25) is 4.79 Å². The number of rotatable bonds is 6. The number of carboxylic acids is 1. The first-order chi connectivity index (χ1) is 14.5. The van der Waals surface area contributed by atoms with Gasteiger partial charge in [0.2, 0.25) is 0 Å². The number of benzene rings is 2. The van der Waals surface area contributed by atoms with E-state index in [0.29, 0.717) is 23.7 Å². The van der Waals surface area contributed by atoms with Gasteiger partial charge in [0.15, 0.2) is 11.2 Å². The van der Waals surface area contributed by atoms with Crippen LogP contribution in [0.2, 0.25) is 0 Å². The number of fused-ring (bicyclic) bond motifs is 1. The molecule has 0 spiro atoms. The van der Waals surface area contributed by atoms with Gasteiger partial charge in [-0.15, -0.1) is 5.10 Å². The summed E-state index contributed by atoms with van der Waals surface area (Å²) >= 11 is 0. The Labute approximate surface area is 169 Å². The molecule has 0 radical (unpaired) electrons. The van der Waals surface area contributed by atoms with Crippen LogP contribution in [-0.2, 0) is 0 Å². The molecule has 0 aliphatic heterocycles. The van der Waals surface area contributed by atoms with E-state index in [1.54, 1.807) is 24.3 Å². The van der Waals surface area contributed by atoms with Gasteiger partial charge in [0.05, 0.1) is 19.3 Å². The standard InChI is InChI=1S/C20H17N5O5/c1-3-30-15-9-11(10-5-7-13(20(27)28)14(8-10)29-2)4-6-12(15)17-21-18-16(19(26)22-17)23-25-24-18/h4-9H,3H2,1-2H3,(H,27,28)(H2,21,22,23,24,25,26). The van der Waals surface area contributed by atoms with Crippen molar-refractivity contribution in [3.05, 3.63) is 52.3 Å². The number of aromatic amines is 2. The van der Waals surface area contributed by atoms with Crippen molar-refractivity contribution >= 4 is 17.1 Å². The van der Waals surface area contributed by atoms with Crippen LogP contribution in [0.3, 0.4) is 0 Å². The Balaban J connectivity index is 1.82. The molecule has 0 unspecified atom stereocenters. The fourth-order valence-electron chi connectivity index (χ4n) is 3.11. The number of ether oxygens (including phenoxy) is 2. The van der Waals surface area contributed by atoms with Gasteiger partial charge in [0, 0.05) is 0 Å². The van der Waals surface area contributed by atoms with Crippen molar-refractivity contribution in [2.45, 2.75) is 6.92 Å². The van der Waals surface area contributed by atoms with Gasteiger partial charge in [-0.05, 0) is 42.3 Å². The summed E-state index contributed by atoms with van der Waals surface area (Å²) in [7, 11) is 1.42. The highest BCUT2D eigenvalue weighted by atomic mass is 16.5. The van der Waals surface area contributed by atoms with Crippen molar-refractivity contribution in [2.75, 3.05) is 13.7 Å². The van der Waals surface area contributed by atoms with E-state index in [1.807, 2.05) is 13.0 Å². The van der Waals surface area contributed by atoms with E-state index in [-0.39, 0.29) is 22.5 Å². The molecule has 10 heteroatoms. The number of nitrogens with zero attached hydrogens (tertiary/aromatic N) is 3. The second kappa shape index (κ2) is 7.66. The molecular weight excluding hydrogens is 390 g/mol. The zero-order valence-corrected chi connectivity index (χ0v) is 16.1. The number of nitrogens with one attached hydrogen (secondary N) is 2. The van der Waals surface area contributed by atoms with Crippen LogP contribution in [-0.4, -0.2) is 50.2 Å². The summed E-state index contributed by atoms with van der Waals surface area (Å²) in [5, 5.41) is 19.2. The average molecular weight is 407 g/mol. The third kappa shape index (κ3) is 3.34. The van der Waals surface area contributed by atoms with Gasteiger partial charge in [0.1, 0.15) is 22.9 Å². The van der Waals surface area contributed by atoms with Crippen molar-refractivity contribution in [3.8, 4) is 34.0 Å². The largest absolute Gasteiger partial charge is 0.496 e. The van der Waals surface area contributed by atoms with E-state index in [1.165, 1.54) is 13.2 Å². The number of H-pyrrole nitrogens is 2. The fraction of sp³-hybridized carbons (Fsp3) is 0.150. The Hall–Kier alpha value is -4.21. The summed E-state index contributed by atoms with van der Waals surface area (Å²) in [4.78, 5) is 30.6. The number of aromatic carboxylic acids is 1. The second-order valence-corrected chi connectivity index (χ2v) is 6.29. The van der Waals surface area contributed by atoms with E-state index in [9.17, 15) is 14.7 Å². The molecule has 152 valence electrons. The Bertz CT molecular complexity index is 1310. The van der Waals surface area contributed by atoms with E-state index in [2.05, 4.69) is 25.4 Å². The first-order valence-electron chi connectivity index (χ1n) is 9.01. The maximum Gasteiger partial charge on any atom is 0.339 e. The number of carboxylic acid groups (broad SMARTS) is 1. The van der Waals surface area contributed by atoms with Crippen molar-refractivity contribution in [1.29, 1.82) is 0 Å². The quantitative estimate of drug-likeness (QED) is 0.442. The van der Waals surface area contributed by atoms with Gasteiger partial charge in [0.25, 0.3) is 5.56 Å². The smallest absolute Gasteiger partial charge is 0.339 e. The maximum absolute atomic E-state index is 12.2. The minimum absolute atomic E-state index is 0.0751. The summed E-state index contributed by atoms with van der Waals surface area (Å²) in [6, 6.07) is 10.2. The molecule has 3 N–H and O–H groups in total. The third-order valence-corrected chi connectivity index (χ3v) is 4.50. The molecule has 0 bridgehead atoms.